The molecule has 1 aromatic rings. The number of hydrogen-bond donors (Lipinski definition) is 1. The standard InChI is InChI=1S/C13H20BrNO2S/c1-4-12(7-8-14)15-18(16,17)13-6-5-10(2)9-11(13)3/h5-6,9,12,15H,4,7-8H2,1-3H3. The molecule has 0 radical (unpaired) electrons. The van der Waals surface area contributed by atoms with Crippen LogP contribution in [0.15, 0.2) is 23.1 Å². The lowest BCUT2D eigenvalue weighted by atomic mass is 10.2. The van der Waals surface area contributed by atoms with E-state index in [0.717, 1.165) is 29.3 Å². The molecule has 0 saturated heterocycles. The van der Waals surface area contributed by atoms with E-state index in [2.05, 4.69) is 20.7 Å². The Balaban J connectivity index is 2.99. The molecule has 1 atom stereocenters. The lowest BCUT2D eigenvalue weighted by Crippen LogP contribution is -2.35. The Labute approximate surface area is 118 Å². The van der Waals surface area contributed by atoms with Crippen LogP contribution < -0.4 is 4.72 Å². The van der Waals surface area contributed by atoms with Crippen LogP contribution in [0, 0.1) is 13.8 Å². The molecule has 18 heavy (non-hydrogen) atoms. The molecule has 1 aromatic carbocycles. The summed E-state index contributed by atoms with van der Waals surface area (Å²) in [5.41, 5.74) is 1.86. The molecule has 5 heteroatoms. The summed E-state index contributed by atoms with van der Waals surface area (Å²) in [6.45, 7) is 5.77. The van der Waals surface area contributed by atoms with Gasteiger partial charge in [-0.05, 0) is 38.3 Å². The third kappa shape index (κ3) is 4.07. The molecule has 1 N–H and O–H groups in total. The highest BCUT2D eigenvalue weighted by Gasteiger charge is 2.20. The fourth-order valence-electron chi connectivity index (χ4n) is 1.86. The highest BCUT2D eigenvalue weighted by Crippen LogP contribution is 2.17. The topological polar surface area (TPSA) is 46.2 Å². The number of alkyl halides is 1. The van der Waals surface area contributed by atoms with Crippen molar-refractivity contribution in [2.24, 2.45) is 0 Å². The second-order valence-corrected chi connectivity index (χ2v) is 6.95. The molecule has 0 aliphatic rings. The van der Waals surface area contributed by atoms with Crippen molar-refractivity contribution < 1.29 is 8.42 Å². The fourth-order valence-corrected chi connectivity index (χ4v) is 3.99. The van der Waals surface area contributed by atoms with Gasteiger partial charge in [0, 0.05) is 11.4 Å². The number of sulfonamides is 1. The Morgan fingerprint density at radius 3 is 2.50 bits per heavy atom. The highest BCUT2D eigenvalue weighted by atomic mass is 79.9. The van der Waals surface area contributed by atoms with Crippen LogP contribution in [0.3, 0.4) is 0 Å². The Morgan fingerprint density at radius 2 is 2.00 bits per heavy atom. The largest absolute Gasteiger partial charge is 0.241 e. The van der Waals surface area contributed by atoms with Gasteiger partial charge in [-0.2, -0.15) is 0 Å². The van der Waals surface area contributed by atoms with E-state index in [1.807, 2.05) is 32.9 Å². The Hall–Kier alpha value is -0.390. The van der Waals surface area contributed by atoms with Crippen molar-refractivity contribution in [2.75, 3.05) is 5.33 Å². The predicted molar refractivity (Wildman–Crippen MR) is 78.7 cm³/mol. The molecule has 0 aliphatic carbocycles. The van der Waals surface area contributed by atoms with Crippen LogP contribution in [0.25, 0.3) is 0 Å². The molecular formula is C13H20BrNO2S. The molecule has 0 amide bonds. The molecule has 0 heterocycles. The van der Waals surface area contributed by atoms with Crippen molar-refractivity contribution in [3.8, 4) is 0 Å². The van der Waals surface area contributed by atoms with E-state index < -0.39 is 10.0 Å². The van der Waals surface area contributed by atoms with Gasteiger partial charge in [0.15, 0.2) is 0 Å². The molecule has 102 valence electrons. The summed E-state index contributed by atoms with van der Waals surface area (Å²) >= 11 is 3.34. The third-order valence-electron chi connectivity index (χ3n) is 2.89. The summed E-state index contributed by atoms with van der Waals surface area (Å²) in [5.74, 6) is 0. The van der Waals surface area contributed by atoms with E-state index in [1.165, 1.54) is 0 Å². The maximum atomic E-state index is 12.3. The van der Waals surface area contributed by atoms with Crippen LogP contribution in [0.2, 0.25) is 0 Å². The minimum absolute atomic E-state index is 0.0184. The second-order valence-electron chi connectivity index (χ2n) is 4.47. The molecule has 0 saturated carbocycles. The smallest absolute Gasteiger partial charge is 0.208 e. The van der Waals surface area contributed by atoms with Crippen LogP contribution in [-0.4, -0.2) is 19.8 Å². The normalized spacial score (nSPS) is 13.6. The summed E-state index contributed by atoms with van der Waals surface area (Å²) < 4.78 is 27.3. The predicted octanol–water partition coefficient (Wildman–Crippen LogP) is 3.15. The van der Waals surface area contributed by atoms with Gasteiger partial charge < -0.3 is 0 Å². The van der Waals surface area contributed by atoms with E-state index in [4.69, 9.17) is 0 Å². The van der Waals surface area contributed by atoms with E-state index in [9.17, 15) is 8.42 Å². The lowest BCUT2D eigenvalue weighted by molar-refractivity contribution is 0.532. The molecule has 0 aromatic heterocycles. The zero-order valence-corrected chi connectivity index (χ0v) is 13.4. The van der Waals surface area contributed by atoms with Crippen molar-refractivity contribution in [3.05, 3.63) is 29.3 Å². The van der Waals surface area contributed by atoms with Crippen LogP contribution in [0.1, 0.15) is 30.9 Å². The molecule has 0 bridgehead atoms. The van der Waals surface area contributed by atoms with E-state index in [1.54, 1.807) is 6.07 Å². The van der Waals surface area contributed by atoms with E-state index >= 15 is 0 Å². The fraction of sp³-hybridized carbons (Fsp3) is 0.538. The minimum Gasteiger partial charge on any atom is -0.208 e. The third-order valence-corrected chi connectivity index (χ3v) is 5.03. The van der Waals surface area contributed by atoms with Gasteiger partial charge in [-0.15, -0.1) is 0 Å². The molecule has 0 aliphatic heterocycles. The van der Waals surface area contributed by atoms with Crippen LogP contribution in [0.4, 0.5) is 0 Å². The first-order chi connectivity index (χ1) is 8.40. The van der Waals surface area contributed by atoms with Crippen molar-refractivity contribution >= 4 is 26.0 Å². The van der Waals surface area contributed by atoms with Crippen LogP contribution in [-0.2, 0) is 10.0 Å². The number of rotatable bonds is 6. The highest BCUT2D eigenvalue weighted by molar-refractivity contribution is 9.09. The van der Waals surface area contributed by atoms with E-state index in [0.29, 0.717) is 4.90 Å². The summed E-state index contributed by atoms with van der Waals surface area (Å²) in [6, 6.07) is 5.37. The van der Waals surface area contributed by atoms with Gasteiger partial charge in [0.05, 0.1) is 4.90 Å². The summed E-state index contributed by atoms with van der Waals surface area (Å²) in [6.07, 6.45) is 1.58. The van der Waals surface area contributed by atoms with Crippen molar-refractivity contribution in [2.45, 2.75) is 44.6 Å². The second kappa shape index (κ2) is 6.68. The van der Waals surface area contributed by atoms with Gasteiger partial charge in [0.1, 0.15) is 0 Å². The SMILES string of the molecule is CCC(CCBr)NS(=O)(=O)c1ccc(C)cc1C. The van der Waals surface area contributed by atoms with Gasteiger partial charge >= 0.3 is 0 Å². The minimum atomic E-state index is -3.41. The summed E-state index contributed by atoms with van der Waals surface area (Å²) in [4.78, 5) is 0.376. The number of nitrogens with one attached hydrogen (secondary N) is 1. The first kappa shape index (κ1) is 15.7. The van der Waals surface area contributed by atoms with E-state index in [-0.39, 0.29) is 6.04 Å². The number of halogens is 1. The maximum Gasteiger partial charge on any atom is 0.241 e. The molecule has 1 unspecified atom stereocenters. The Morgan fingerprint density at radius 1 is 1.33 bits per heavy atom. The van der Waals surface area contributed by atoms with Crippen LogP contribution in [0.5, 0.6) is 0 Å². The number of aryl methyl sites for hydroxylation is 2. The average Bonchev–Trinajstić information content (AvgIpc) is 2.27. The molecule has 3 nitrogen and oxygen atoms in total. The first-order valence-electron chi connectivity index (χ1n) is 6.06. The van der Waals surface area contributed by atoms with Crippen LogP contribution >= 0.6 is 15.9 Å². The Bertz CT molecular complexity index is 500. The molecule has 1 rings (SSSR count). The van der Waals surface area contributed by atoms with Gasteiger partial charge in [0.2, 0.25) is 10.0 Å². The first-order valence-corrected chi connectivity index (χ1v) is 8.66. The van der Waals surface area contributed by atoms with Gasteiger partial charge in [-0.3, -0.25) is 0 Å². The molecular weight excluding hydrogens is 314 g/mol. The molecule has 0 spiro atoms. The number of benzene rings is 1. The maximum absolute atomic E-state index is 12.3. The zero-order valence-electron chi connectivity index (χ0n) is 11.0. The van der Waals surface area contributed by atoms with Gasteiger partial charge in [-0.1, -0.05) is 40.5 Å². The van der Waals surface area contributed by atoms with Gasteiger partial charge in [0.25, 0.3) is 0 Å². The zero-order chi connectivity index (χ0) is 13.8. The van der Waals surface area contributed by atoms with Crippen molar-refractivity contribution in [1.82, 2.24) is 4.72 Å². The van der Waals surface area contributed by atoms with Crippen molar-refractivity contribution in [3.63, 3.8) is 0 Å². The number of hydrogen-bond acceptors (Lipinski definition) is 2. The monoisotopic (exact) mass is 333 g/mol. The lowest BCUT2D eigenvalue weighted by Gasteiger charge is -2.17. The summed E-state index contributed by atoms with van der Waals surface area (Å²) in [7, 11) is -3.41. The Kier molecular flexibility index (Phi) is 5.82. The molecule has 0 fully saturated rings. The summed E-state index contributed by atoms with van der Waals surface area (Å²) in [5, 5.41) is 0.793. The average molecular weight is 334 g/mol. The van der Waals surface area contributed by atoms with Crippen molar-refractivity contribution in [1.29, 1.82) is 0 Å². The van der Waals surface area contributed by atoms with Gasteiger partial charge in [-0.25, -0.2) is 13.1 Å². The quantitative estimate of drug-likeness (QED) is 0.813.